The molecule has 3 rings (SSSR count). The molecule has 38 heavy (non-hydrogen) atoms. The van der Waals surface area contributed by atoms with Crippen LogP contribution in [0.15, 0.2) is 83.8 Å². The van der Waals surface area contributed by atoms with Crippen molar-refractivity contribution < 1.29 is 18.0 Å². The van der Waals surface area contributed by atoms with E-state index in [9.17, 15) is 18.0 Å². The van der Waals surface area contributed by atoms with Crippen molar-refractivity contribution in [3.8, 4) is 0 Å². The smallest absolute Gasteiger partial charge is 0.264 e. The molecule has 0 radical (unpaired) electrons. The summed E-state index contributed by atoms with van der Waals surface area (Å²) < 4.78 is 28.7. The number of hydrogen-bond acceptors (Lipinski definition) is 4. The molecule has 3 aromatic carbocycles. The second kappa shape index (κ2) is 13.2. The summed E-state index contributed by atoms with van der Waals surface area (Å²) in [6.45, 7) is 7.80. The summed E-state index contributed by atoms with van der Waals surface area (Å²) in [6, 6.07) is 22.0. The molecule has 0 aliphatic heterocycles. The third-order valence-electron chi connectivity index (χ3n) is 6.53. The van der Waals surface area contributed by atoms with Crippen LogP contribution >= 0.6 is 0 Å². The average molecular weight is 536 g/mol. The van der Waals surface area contributed by atoms with E-state index in [1.165, 1.54) is 4.90 Å². The Morgan fingerprint density at radius 1 is 0.895 bits per heavy atom. The lowest BCUT2D eigenvalue weighted by molar-refractivity contribution is -0.139. The van der Waals surface area contributed by atoms with Crippen LogP contribution in [0.2, 0.25) is 0 Å². The quantitative estimate of drug-likeness (QED) is 0.337. The van der Waals surface area contributed by atoms with Gasteiger partial charge < -0.3 is 10.2 Å². The van der Waals surface area contributed by atoms with Crippen LogP contribution in [-0.4, -0.2) is 44.3 Å². The van der Waals surface area contributed by atoms with Gasteiger partial charge in [-0.2, -0.15) is 0 Å². The first-order valence-electron chi connectivity index (χ1n) is 12.9. The molecule has 0 spiro atoms. The third kappa shape index (κ3) is 7.22. The van der Waals surface area contributed by atoms with Gasteiger partial charge in [0.05, 0.1) is 10.6 Å². The first kappa shape index (κ1) is 28.9. The maximum atomic E-state index is 13.9. The fourth-order valence-electron chi connectivity index (χ4n) is 4.05. The molecular formula is C30H37N3O4S. The number of carbonyl (C=O) groups excluding carboxylic acids is 2. The fraction of sp³-hybridized carbons (Fsp3) is 0.333. The third-order valence-corrected chi connectivity index (χ3v) is 8.32. The van der Waals surface area contributed by atoms with E-state index in [1.54, 1.807) is 61.5 Å². The predicted octanol–water partition coefficient (Wildman–Crippen LogP) is 4.83. The van der Waals surface area contributed by atoms with Gasteiger partial charge in [0.1, 0.15) is 12.6 Å². The lowest BCUT2D eigenvalue weighted by atomic mass is 10.1. The zero-order chi connectivity index (χ0) is 27.7. The van der Waals surface area contributed by atoms with Crippen LogP contribution in [0.5, 0.6) is 0 Å². The molecule has 0 aromatic heterocycles. The van der Waals surface area contributed by atoms with Crippen molar-refractivity contribution in [1.82, 2.24) is 10.2 Å². The molecule has 1 atom stereocenters. The number of anilines is 1. The van der Waals surface area contributed by atoms with Gasteiger partial charge >= 0.3 is 0 Å². The minimum Gasteiger partial charge on any atom is -0.354 e. The minimum atomic E-state index is -4.06. The highest BCUT2D eigenvalue weighted by molar-refractivity contribution is 7.92. The van der Waals surface area contributed by atoms with E-state index in [-0.39, 0.29) is 17.3 Å². The lowest BCUT2D eigenvalue weighted by Crippen LogP contribution is -2.51. The summed E-state index contributed by atoms with van der Waals surface area (Å²) in [4.78, 5) is 28.5. The molecule has 0 bridgehead atoms. The number of nitrogens with one attached hydrogen (secondary N) is 1. The number of para-hydroxylation sites is 1. The number of sulfonamides is 1. The molecule has 1 N–H and O–H groups in total. The van der Waals surface area contributed by atoms with Crippen LogP contribution in [0.25, 0.3) is 0 Å². The van der Waals surface area contributed by atoms with Crippen molar-refractivity contribution in [3.63, 3.8) is 0 Å². The van der Waals surface area contributed by atoms with Gasteiger partial charge in [0.25, 0.3) is 10.0 Å². The molecule has 7 nitrogen and oxygen atoms in total. The van der Waals surface area contributed by atoms with E-state index in [0.29, 0.717) is 12.2 Å². The SMILES string of the molecule is CCCCNC(=O)C(C)N(Cc1ccccc1C)C(=O)CN(c1ccccc1)S(=O)(=O)c1ccc(C)cc1. The van der Waals surface area contributed by atoms with Crippen molar-refractivity contribution in [1.29, 1.82) is 0 Å². The number of nitrogens with zero attached hydrogens (tertiary/aromatic N) is 2. The molecule has 2 amide bonds. The van der Waals surface area contributed by atoms with E-state index in [2.05, 4.69) is 5.32 Å². The van der Waals surface area contributed by atoms with Crippen molar-refractivity contribution >= 4 is 27.5 Å². The molecule has 8 heteroatoms. The summed E-state index contributed by atoms with van der Waals surface area (Å²) in [5, 5.41) is 2.90. The van der Waals surface area contributed by atoms with E-state index in [0.717, 1.165) is 33.8 Å². The van der Waals surface area contributed by atoms with Crippen LogP contribution in [0.4, 0.5) is 5.69 Å². The van der Waals surface area contributed by atoms with Crippen molar-refractivity contribution in [2.45, 2.75) is 58.0 Å². The Kier molecular flexibility index (Phi) is 10.1. The number of unbranched alkanes of at least 4 members (excludes halogenated alkanes) is 1. The second-order valence-corrected chi connectivity index (χ2v) is 11.3. The van der Waals surface area contributed by atoms with Crippen molar-refractivity contribution in [2.75, 3.05) is 17.4 Å². The largest absolute Gasteiger partial charge is 0.354 e. The standard InChI is InChI=1S/C30H37N3O4S/c1-5-6-20-31-30(35)25(4)32(21-26-13-11-10-12-24(26)3)29(34)22-33(27-14-8-7-9-15-27)38(36,37)28-18-16-23(2)17-19-28/h7-19,25H,5-6,20-22H2,1-4H3,(H,31,35). The maximum Gasteiger partial charge on any atom is 0.264 e. The number of carbonyl (C=O) groups is 2. The van der Waals surface area contributed by atoms with Gasteiger partial charge in [-0.3, -0.25) is 13.9 Å². The zero-order valence-corrected chi connectivity index (χ0v) is 23.4. The van der Waals surface area contributed by atoms with Gasteiger partial charge in [-0.25, -0.2) is 8.42 Å². The molecule has 0 saturated heterocycles. The number of hydrogen-bond donors (Lipinski definition) is 1. The molecule has 0 aliphatic carbocycles. The maximum absolute atomic E-state index is 13.9. The van der Waals surface area contributed by atoms with Crippen LogP contribution in [-0.2, 0) is 26.2 Å². The first-order chi connectivity index (χ1) is 18.1. The fourth-order valence-corrected chi connectivity index (χ4v) is 5.46. The Bertz CT molecular complexity index is 1330. The minimum absolute atomic E-state index is 0.0931. The van der Waals surface area contributed by atoms with Crippen LogP contribution < -0.4 is 9.62 Å². The molecule has 1 unspecified atom stereocenters. The Hall–Kier alpha value is -3.65. The topological polar surface area (TPSA) is 86.8 Å². The van der Waals surface area contributed by atoms with Gasteiger partial charge in [-0.1, -0.05) is 73.5 Å². The van der Waals surface area contributed by atoms with Crippen molar-refractivity contribution in [2.24, 2.45) is 0 Å². The Labute approximate surface area is 226 Å². The van der Waals surface area contributed by atoms with E-state index in [4.69, 9.17) is 0 Å². The Morgan fingerprint density at radius 2 is 1.53 bits per heavy atom. The number of amides is 2. The summed E-state index contributed by atoms with van der Waals surface area (Å²) in [6.07, 6.45) is 1.77. The second-order valence-electron chi connectivity index (χ2n) is 9.43. The highest BCUT2D eigenvalue weighted by Gasteiger charge is 2.32. The summed E-state index contributed by atoms with van der Waals surface area (Å²) in [7, 11) is -4.06. The van der Waals surface area contributed by atoms with Gasteiger partial charge in [0.2, 0.25) is 11.8 Å². The van der Waals surface area contributed by atoms with Gasteiger partial charge in [0.15, 0.2) is 0 Å². The van der Waals surface area contributed by atoms with E-state index < -0.39 is 28.5 Å². The molecule has 0 aliphatic rings. The highest BCUT2D eigenvalue weighted by Crippen LogP contribution is 2.25. The predicted molar refractivity (Wildman–Crippen MR) is 151 cm³/mol. The van der Waals surface area contributed by atoms with Gasteiger partial charge in [-0.05, 0) is 62.6 Å². The molecular weight excluding hydrogens is 498 g/mol. The highest BCUT2D eigenvalue weighted by atomic mass is 32.2. The zero-order valence-electron chi connectivity index (χ0n) is 22.6. The molecule has 202 valence electrons. The average Bonchev–Trinajstić information content (AvgIpc) is 2.91. The van der Waals surface area contributed by atoms with Crippen LogP contribution in [0.1, 0.15) is 43.4 Å². The molecule has 0 fully saturated rings. The van der Waals surface area contributed by atoms with E-state index in [1.807, 2.05) is 45.0 Å². The molecule has 0 saturated carbocycles. The molecule has 0 heterocycles. The summed E-state index contributed by atoms with van der Waals surface area (Å²) >= 11 is 0. The lowest BCUT2D eigenvalue weighted by Gasteiger charge is -2.32. The Balaban J connectivity index is 1.98. The summed E-state index contributed by atoms with van der Waals surface area (Å²) in [5.41, 5.74) is 3.17. The monoisotopic (exact) mass is 535 g/mol. The number of benzene rings is 3. The van der Waals surface area contributed by atoms with E-state index >= 15 is 0 Å². The Morgan fingerprint density at radius 3 is 2.16 bits per heavy atom. The van der Waals surface area contributed by atoms with Crippen LogP contribution in [0.3, 0.4) is 0 Å². The van der Waals surface area contributed by atoms with Crippen LogP contribution in [0, 0.1) is 13.8 Å². The first-order valence-corrected chi connectivity index (χ1v) is 14.3. The summed E-state index contributed by atoms with van der Waals surface area (Å²) in [5.74, 6) is -0.737. The number of rotatable bonds is 12. The van der Waals surface area contributed by atoms with Gasteiger partial charge in [-0.15, -0.1) is 0 Å². The number of aryl methyl sites for hydroxylation is 2. The van der Waals surface area contributed by atoms with Gasteiger partial charge in [0, 0.05) is 13.1 Å². The normalized spacial score (nSPS) is 12.0. The molecule has 3 aromatic rings. The van der Waals surface area contributed by atoms with Crippen molar-refractivity contribution in [3.05, 3.63) is 95.6 Å².